The van der Waals surface area contributed by atoms with Gasteiger partial charge in [-0.15, -0.1) is 0 Å². The average Bonchev–Trinajstić information content (AvgIpc) is 2.61. The first kappa shape index (κ1) is 20.9. The quantitative estimate of drug-likeness (QED) is 0.533. The molecule has 0 aliphatic heterocycles. The summed E-state index contributed by atoms with van der Waals surface area (Å²) in [5, 5.41) is -0.0713. The molecule has 2 aromatic rings. The lowest BCUT2D eigenvalue weighted by atomic mass is 10.1. The number of benzene rings is 2. The highest BCUT2D eigenvalue weighted by atomic mass is 35.5. The van der Waals surface area contributed by atoms with Crippen molar-refractivity contribution < 1.29 is 31.5 Å². The highest BCUT2D eigenvalue weighted by Gasteiger charge is 2.22. The van der Waals surface area contributed by atoms with Crippen molar-refractivity contribution in [3.63, 3.8) is 0 Å². The number of hydrogen-bond donors (Lipinski definition) is 0. The second-order valence-electron chi connectivity index (χ2n) is 5.56. The third-order valence-electron chi connectivity index (χ3n) is 3.51. The van der Waals surface area contributed by atoms with E-state index in [-0.39, 0.29) is 21.0 Å². The maximum atomic E-state index is 13.2. The summed E-state index contributed by atoms with van der Waals surface area (Å²) in [6.45, 7) is -0.759. The molecule has 0 fully saturated rings. The molecule has 0 heterocycles. The summed E-state index contributed by atoms with van der Waals surface area (Å²) in [6.07, 6.45) is 0. The number of Topliss-reactive ketones (excluding diaryl/α,β-unsaturated/α-hetero) is 1. The Kier molecular flexibility index (Phi) is 6.30. The van der Waals surface area contributed by atoms with Crippen molar-refractivity contribution in [2.45, 2.75) is 4.90 Å². The fraction of sp³-hybridized carbons (Fsp3) is 0.176. The van der Waals surface area contributed by atoms with Crippen LogP contribution in [0, 0.1) is 11.6 Å². The fourth-order valence-corrected chi connectivity index (χ4v) is 3.12. The SMILES string of the molecule is CN(C)S(=O)(=O)c1ccc(Cl)c(C(=O)OCC(=O)c2ccc(F)c(F)c2)c1. The van der Waals surface area contributed by atoms with E-state index in [9.17, 15) is 26.8 Å². The summed E-state index contributed by atoms with van der Waals surface area (Å²) in [5.74, 6) is -4.13. The van der Waals surface area contributed by atoms with Crippen molar-refractivity contribution in [1.29, 1.82) is 0 Å². The van der Waals surface area contributed by atoms with Crippen LogP contribution in [0.1, 0.15) is 20.7 Å². The highest BCUT2D eigenvalue weighted by Crippen LogP contribution is 2.23. The minimum Gasteiger partial charge on any atom is -0.454 e. The number of esters is 1. The number of rotatable bonds is 6. The monoisotopic (exact) mass is 417 g/mol. The van der Waals surface area contributed by atoms with Crippen LogP contribution >= 0.6 is 11.6 Å². The molecule has 10 heteroatoms. The third-order valence-corrected chi connectivity index (χ3v) is 5.65. The smallest absolute Gasteiger partial charge is 0.340 e. The van der Waals surface area contributed by atoms with Crippen molar-refractivity contribution in [3.05, 3.63) is 64.2 Å². The van der Waals surface area contributed by atoms with Gasteiger partial charge in [0, 0.05) is 19.7 Å². The molecule has 0 spiro atoms. The maximum absolute atomic E-state index is 13.2. The Morgan fingerprint density at radius 2 is 1.74 bits per heavy atom. The Labute approximate surface area is 159 Å². The Morgan fingerprint density at radius 1 is 1.07 bits per heavy atom. The number of nitrogens with zero attached hydrogens (tertiary/aromatic N) is 1. The van der Waals surface area contributed by atoms with Crippen LogP contribution in [-0.2, 0) is 14.8 Å². The van der Waals surface area contributed by atoms with Crippen LogP contribution in [-0.4, -0.2) is 45.2 Å². The number of halogens is 3. The molecule has 0 amide bonds. The van der Waals surface area contributed by atoms with Gasteiger partial charge in [-0.25, -0.2) is 26.3 Å². The predicted octanol–water partition coefficient (Wildman–Crippen LogP) is 2.91. The molecule has 0 bridgehead atoms. The van der Waals surface area contributed by atoms with Crippen molar-refractivity contribution in [3.8, 4) is 0 Å². The molecule has 2 aromatic carbocycles. The van der Waals surface area contributed by atoms with Crippen LogP contribution in [0.15, 0.2) is 41.3 Å². The minimum atomic E-state index is -3.81. The normalized spacial score (nSPS) is 11.5. The van der Waals surface area contributed by atoms with E-state index in [1.165, 1.54) is 26.2 Å². The molecule has 0 atom stereocenters. The standard InChI is InChI=1S/C17H14ClF2NO5S/c1-21(2)27(24,25)11-4-5-13(18)12(8-11)17(23)26-9-16(22)10-3-6-14(19)15(20)7-10/h3-8H,9H2,1-2H3. The lowest BCUT2D eigenvalue weighted by molar-refractivity contribution is 0.0474. The summed E-state index contributed by atoms with van der Waals surface area (Å²) in [4.78, 5) is 23.9. The number of carbonyl (C=O) groups excluding carboxylic acids is 2. The molecule has 0 saturated heterocycles. The van der Waals surface area contributed by atoms with E-state index in [2.05, 4.69) is 0 Å². The summed E-state index contributed by atoms with van der Waals surface area (Å²) in [7, 11) is -1.17. The molecule has 144 valence electrons. The largest absolute Gasteiger partial charge is 0.454 e. The molecule has 0 saturated carbocycles. The molecule has 6 nitrogen and oxygen atoms in total. The molecule has 0 unspecified atom stereocenters. The topological polar surface area (TPSA) is 80.8 Å². The van der Waals surface area contributed by atoms with Crippen molar-refractivity contribution in [2.75, 3.05) is 20.7 Å². The molecule has 0 N–H and O–H groups in total. The van der Waals surface area contributed by atoms with Gasteiger partial charge in [0.2, 0.25) is 10.0 Å². The van der Waals surface area contributed by atoms with Gasteiger partial charge in [-0.05, 0) is 36.4 Å². The Bertz CT molecular complexity index is 1010. The molecule has 0 radical (unpaired) electrons. The average molecular weight is 418 g/mol. The zero-order valence-electron chi connectivity index (χ0n) is 14.2. The molecule has 0 aromatic heterocycles. The van der Waals surface area contributed by atoms with E-state index in [1.807, 2.05) is 0 Å². The molecule has 2 rings (SSSR count). The first-order valence-corrected chi connectivity index (χ1v) is 9.23. The lowest BCUT2D eigenvalue weighted by Gasteiger charge is -2.13. The van der Waals surface area contributed by atoms with Crippen LogP contribution in [0.3, 0.4) is 0 Å². The number of ketones is 1. The second-order valence-corrected chi connectivity index (χ2v) is 8.12. The fourth-order valence-electron chi connectivity index (χ4n) is 1.99. The van der Waals surface area contributed by atoms with Gasteiger partial charge in [0.15, 0.2) is 24.0 Å². The number of ether oxygens (including phenoxy) is 1. The first-order valence-electron chi connectivity index (χ1n) is 7.41. The maximum Gasteiger partial charge on any atom is 0.340 e. The zero-order chi connectivity index (χ0) is 20.4. The lowest BCUT2D eigenvalue weighted by Crippen LogP contribution is -2.22. The summed E-state index contributed by atoms with van der Waals surface area (Å²) in [5.41, 5.74) is -0.436. The van der Waals surface area contributed by atoms with Crippen molar-refractivity contribution in [2.24, 2.45) is 0 Å². The number of sulfonamides is 1. The molecular formula is C17H14ClF2NO5S. The Hall–Kier alpha value is -2.36. The van der Waals surface area contributed by atoms with E-state index >= 15 is 0 Å². The first-order chi connectivity index (χ1) is 12.5. The second kappa shape index (κ2) is 8.12. The van der Waals surface area contributed by atoms with Gasteiger partial charge < -0.3 is 4.74 Å². The van der Waals surface area contributed by atoms with Gasteiger partial charge in [-0.2, -0.15) is 0 Å². The van der Waals surface area contributed by atoms with Crippen LogP contribution in [0.2, 0.25) is 5.02 Å². The van der Waals surface area contributed by atoms with Crippen LogP contribution in [0.5, 0.6) is 0 Å². The van der Waals surface area contributed by atoms with Crippen LogP contribution in [0.4, 0.5) is 8.78 Å². The molecular weight excluding hydrogens is 404 g/mol. The van der Waals surface area contributed by atoms with E-state index in [0.717, 1.165) is 22.5 Å². The zero-order valence-corrected chi connectivity index (χ0v) is 15.8. The molecule has 0 aliphatic carbocycles. The van der Waals surface area contributed by atoms with Gasteiger partial charge >= 0.3 is 5.97 Å². The van der Waals surface area contributed by atoms with E-state index in [4.69, 9.17) is 16.3 Å². The van der Waals surface area contributed by atoms with Gasteiger partial charge in [0.25, 0.3) is 0 Å². The van der Waals surface area contributed by atoms with E-state index in [0.29, 0.717) is 6.07 Å². The summed E-state index contributed by atoms with van der Waals surface area (Å²) < 4.78 is 56.1. The van der Waals surface area contributed by atoms with E-state index < -0.39 is 40.0 Å². The number of hydrogen-bond acceptors (Lipinski definition) is 5. The van der Waals surface area contributed by atoms with Crippen molar-refractivity contribution >= 4 is 33.4 Å². The van der Waals surface area contributed by atoms with Crippen molar-refractivity contribution in [1.82, 2.24) is 4.31 Å². The highest BCUT2D eigenvalue weighted by molar-refractivity contribution is 7.89. The van der Waals surface area contributed by atoms with Gasteiger partial charge in [0.05, 0.1) is 15.5 Å². The third kappa shape index (κ3) is 4.68. The summed E-state index contributed by atoms with van der Waals surface area (Å²) >= 11 is 5.91. The van der Waals surface area contributed by atoms with Gasteiger partial charge in [-0.3, -0.25) is 4.79 Å². The summed E-state index contributed by atoms with van der Waals surface area (Å²) in [6, 6.07) is 5.97. The Morgan fingerprint density at radius 3 is 2.33 bits per heavy atom. The van der Waals surface area contributed by atoms with Gasteiger partial charge in [-0.1, -0.05) is 11.6 Å². The van der Waals surface area contributed by atoms with Crippen LogP contribution < -0.4 is 0 Å². The molecule has 27 heavy (non-hydrogen) atoms. The number of carbonyl (C=O) groups is 2. The minimum absolute atomic E-state index is 0.0713. The van der Waals surface area contributed by atoms with Crippen LogP contribution in [0.25, 0.3) is 0 Å². The van der Waals surface area contributed by atoms with E-state index in [1.54, 1.807) is 0 Å². The molecule has 0 aliphatic rings. The Balaban J connectivity index is 2.18. The predicted molar refractivity (Wildman–Crippen MR) is 93.3 cm³/mol. The van der Waals surface area contributed by atoms with Gasteiger partial charge in [0.1, 0.15) is 0 Å².